The van der Waals surface area contributed by atoms with Gasteiger partial charge < -0.3 is 10.4 Å². The second-order valence-electron chi connectivity index (χ2n) is 5.06. The Morgan fingerprint density at radius 1 is 1.18 bits per heavy atom. The fourth-order valence-corrected chi connectivity index (χ4v) is 2.12. The van der Waals surface area contributed by atoms with Crippen LogP contribution in [0.15, 0.2) is 48.5 Å². The molecule has 4 nitrogen and oxygen atoms in total. The maximum absolute atomic E-state index is 12.8. The standard InChI is InChI=1S/C17H16FNO3/c1-11-3-2-4-12(9-11)10-15(17(21)22)19-16(20)13-5-7-14(18)8-6-13/h2-9,15H,10H2,1H3,(H,19,20)(H,21,22)/t15-/m1/s1. The van der Waals surface area contributed by atoms with Crippen molar-refractivity contribution in [2.45, 2.75) is 19.4 Å². The summed E-state index contributed by atoms with van der Waals surface area (Å²) in [5.74, 6) is -2.11. The van der Waals surface area contributed by atoms with Crippen LogP contribution < -0.4 is 5.32 Å². The van der Waals surface area contributed by atoms with Crippen LogP contribution in [0.1, 0.15) is 21.5 Å². The summed E-state index contributed by atoms with van der Waals surface area (Å²) < 4.78 is 12.8. The van der Waals surface area contributed by atoms with Gasteiger partial charge in [-0.05, 0) is 36.8 Å². The highest BCUT2D eigenvalue weighted by Gasteiger charge is 2.21. The Hall–Kier alpha value is -2.69. The van der Waals surface area contributed by atoms with Crippen LogP contribution >= 0.6 is 0 Å². The molecule has 2 aromatic rings. The van der Waals surface area contributed by atoms with Crippen LogP contribution in [0.3, 0.4) is 0 Å². The van der Waals surface area contributed by atoms with Gasteiger partial charge in [-0.3, -0.25) is 4.79 Å². The van der Waals surface area contributed by atoms with E-state index >= 15 is 0 Å². The van der Waals surface area contributed by atoms with E-state index in [-0.39, 0.29) is 12.0 Å². The lowest BCUT2D eigenvalue weighted by molar-refractivity contribution is -0.139. The van der Waals surface area contributed by atoms with Crippen LogP contribution in [-0.4, -0.2) is 23.0 Å². The Morgan fingerprint density at radius 3 is 2.45 bits per heavy atom. The lowest BCUT2D eigenvalue weighted by Gasteiger charge is -2.15. The minimum absolute atomic E-state index is 0.184. The Balaban J connectivity index is 2.10. The monoisotopic (exact) mass is 301 g/mol. The first-order chi connectivity index (χ1) is 10.5. The fraction of sp³-hybridized carbons (Fsp3) is 0.176. The van der Waals surface area contributed by atoms with Crippen molar-refractivity contribution in [3.63, 3.8) is 0 Å². The quantitative estimate of drug-likeness (QED) is 0.892. The molecule has 114 valence electrons. The van der Waals surface area contributed by atoms with Gasteiger partial charge in [0.05, 0.1) is 0 Å². The summed E-state index contributed by atoms with van der Waals surface area (Å²) in [4.78, 5) is 23.4. The van der Waals surface area contributed by atoms with Crippen molar-refractivity contribution in [3.8, 4) is 0 Å². The highest BCUT2D eigenvalue weighted by Crippen LogP contribution is 2.09. The Labute approximate surface area is 127 Å². The molecule has 0 aliphatic rings. The summed E-state index contributed by atoms with van der Waals surface area (Å²) >= 11 is 0. The SMILES string of the molecule is Cc1cccc(C[C@@H](NC(=O)c2ccc(F)cc2)C(=O)O)c1. The Kier molecular flexibility index (Phi) is 4.88. The van der Waals surface area contributed by atoms with E-state index in [1.807, 2.05) is 31.2 Å². The van der Waals surface area contributed by atoms with Crippen molar-refractivity contribution in [1.29, 1.82) is 0 Å². The molecule has 22 heavy (non-hydrogen) atoms. The number of hydrogen-bond acceptors (Lipinski definition) is 2. The van der Waals surface area contributed by atoms with Gasteiger partial charge in [-0.1, -0.05) is 29.8 Å². The number of carboxylic acids is 1. The molecule has 2 aromatic carbocycles. The van der Waals surface area contributed by atoms with Gasteiger partial charge in [0, 0.05) is 12.0 Å². The minimum atomic E-state index is -1.11. The van der Waals surface area contributed by atoms with Gasteiger partial charge in [-0.15, -0.1) is 0 Å². The largest absolute Gasteiger partial charge is 0.480 e. The van der Waals surface area contributed by atoms with Gasteiger partial charge in [0.1, 0.15) is 11.9 Å². The van der Waals surface area contributed by atoms with Crippen LogP contribution in [0.2, 0.25) is 0 Å². The molecule has 0 bridgehead atoms. The van der Waals surface area contributed by atoms with Crippen LogP contribution in [0.5, 0.6) is 0 Å². The summed E-state index contributed by atoms with van der Waals surface area (Å²) in [6.07, 6.45) is 0.184. The molecule has 0 radical (unpaired) electrons. The molecule has 1 amide bonds. The predicted molar refractivity (Wildman–Crippen MR) is 80.2 cm³/mol. The predicted octanol–water partition coefficient (Wildman–Crippen LogP) is 2.56. The maximum Gasteiger partial charge on any atom is 0.326 e. The Bertz CT molecular complexity index is 683. The van der Waals surface area contributed by atoms with Crippen molar-refractivity contribution in [3.05, 3.63) is 71.0 Å². The van der Waals surface area contributed by atoms with Crippen LogP contribution in [0, 0.1) is 12.7 Å². The molecule has 0 aliphatic carbocycles. The van der Waals surface area contributed by atoms with Crippen molar-refractivity contribution in [1.82, 2.24) is 5.32 Å². The number of aryl methyl sites for hydroxylation is 1. The molecule has 2 N–H and O–H groups in total. The average Bonchev–Trinajstić information content (AvgIpc) is 2.47. The van der Waals surface area contributed by atoms with Gasteiger partial charge in [-0.2, -0.15) is 0 Å². The van der Waals surface area contributed by atoms with E-state index in [9.17, 15) is 19.1 Å². The van der Waals surface area contributed by atoms with Crippen LogP contribution in [-0.2, 0) is 11.2 Å². The van der Waals surface area contributed by atoms with Crippen molar-refractivity contribution in [2.75, 3.05) is 0 Å². The zero-order valence-corrected chi connectivity index (χ0v) is 12.0. The fourth-order valence-electron chi connectivity index (χ4n) is 2.12. The average molecular weight is 301 g/mol. The van der Waals surface area contributed by atoms with E-state index < -0.39 is 23.7 Å². The number of nitrogens with one attached hydrogen (secondary N) is 1. The molecule has 0 aliphatic heterocycles. The number of carbonyl (C=O) groups excluding carboxylic acids is 1. The van der Waals surface area contributed by atoms with Gasteiger partial charge in [0.2, 0.25) is 0 Å². The molecule has 0 unspecified atom stereocenters. The van der Waals surface area contributed by atoms with Gasteiger partial charge in [0.25, 0.3) is 5.91 Å². The van der Waals surface area contributed by atoms with E-state index in [0.717, 1.165) is 23.3 Å². The molecular formula is C17H16FNO3. The lowest BCUT2D eigenvalue weighted by Crippen LogP contribution is -2.42. The second kappa shape index (κ2) is 6.85. The molecule has 0 fully saturated rings. The first kappa shape index (κ1) is 15.7. The van der Waals surface area contributed by atoms with Gasteiger partial charge in [-0.25, -0.2) is 9.18 Å². The number of carbonyl (C=O) groups is 2. The summed E-state index contributed by atoms with van der Waals surface area (Å²) in [6.45, 7) is 1.91. The van der Waals surface area contributed by atoms with E-state index in [0.29, 0.717) is 0 Å². The minimum Gasteiger partial charge on any atom is -0.480 e. The highest BCUT2D eigenvalue weighted by molar-refractivity contribution is 5.96. The normalized spacial score (nSPS) is 11.7. The van der Waals surface area contributed by atoms with Crippen molar-refractivity contribution < 1.29 is 19.1 Å². The summed E-state index contributed by atoms with van der Waals surface area (Å²) in [5, 5.41) is 11.7. The molecule has 5 heteroatoms. The van der Waals surface area contributed by atoms with Crippen LogP contribution in [0.4, 0.5) is 4.39 Å². The third-order valence-corrected chi connectivity index (χ3v) is 3.23. The first-order valence-electron chi connectivity index (χ1n) is 6.80. The maximum atomic E-state index is 12.8. The molecule has 0 saturated carbocycles. The number of amides is 1. The van der Waals surface area contributed by atoms with E-state index in [4.69, 9.17) is 0 Å². The Morgan fingerprint density at radius 2 is 1.86 bits per heavy atom. The zero-order chi connectivity index (χ0) is 16.1. The van der Waals surface area contributed by atoms with Crippen LogP contribution in [0.25, 0.3) is 0 Å². The summed E-state index contributed by atoms with van der Waals surface area (Å²) in [5.41, 5.74) is 2.06. The first-order valence-corrected chi connectivity index (χ1v) is 6.80. The number of halogens is 1. The summed E-state index contributed by atoms with van der Waals surface area (Å²) in [7, 11) is 0. The number of carboxylic acid groups (broad SMARTS) is 1. The molecular weight excluding hydrogens is 285 g/mol. The molecule has 2 rings (SSSR count). The number of benzene rings is 2. The molecule has 0 spiro atoms. The lowest BCUT2D eigenvalue weighted by atomic mass is 10.0. The van der Waals surface area contributed by atoms with E-state index in [2.05, 4.69) is 5.32 Å². The molecule has 0 saturated heterocycles. The number of aliphatic carboxylic acids is 1. The smallest absolute Gasteiger partial charge is 0.326 e. The zero-order valence-electron chi connectivity index (χ0n) is 12.0. The third-order valence-electron chi connectivity index (χ3n) is 3.23. The molecule has 0 heterocycles. The highest BCUT2D eigenvalue weighted by atomic mass is 19.1. The number of hydrogen-bond donors (Lipinski definition) is 2. The van der Waals surface area contributed by atoms with Gasteiger partial charge >= 0.3 is 5.97 Å². The molecule has 0 aromatic heterocycles. The van der Waals surface area contributed by atoms with E-state index in [1.165, 1.54) is 12.1 Å². The second-order valence-corrected chi connectivity index (χ2v) is 5.06. The van der Waals surface area contributed by atoms with Gasteiger partial charge in [0.15, 0.2) is 0 Å². The topological polar surface area (TPSA) is 66.4 Å². The van der Waals surface area contributed by atoms with Crippen molar-refractivity contribution in [2.24, 2.45) is 0 Å². The molecule has 1 atom stereocenters. The van der Waals surface area contributed by atoms with Crippen molar-refractivity contribution >= 4 is 11.9 Å². The van der Waals surface area contributed by atoms with E-state index in [1.54, 1.807) is 0 Å². The number of rotatable bonds is 5. The third kappa shape index (κ3) is 4.15. The summed E-state index contributed by atoms with van der Waals surface area (Å²) in [6, 6.07) is 11.3.